The fourth-order valence-electron chi connectivity index (χ4n) is 1.87. The second-order valence-corrected chi connectivity index (χ2v) is 5.07. The summed E-state index contributed by atoms with van der Waals surface area (Å²) in [6.07, 6.45) is 1.86. The summed E-state index contributed by atoms with van der Waals surface area (Å²) >= 11 is 1.56. The van der Waals surface area contributed by atoms with Gasteiger partial charge in [0.25, 0.3) is 0 Å². The van der Waals surface area contributed by atoms with Gasteiger partial charge in [-0.25, -0.2) is 9.97 Å². The van der Waals surface area contributed by atoms with Gasteiger partial charge >= 0.3 is 6.01 Å². The molecule has 0 N–H and O–H groups in total. The molecule has 3 rings (SSSR count). The summed E-state index contributed by atoms with van der Waals surface area (Å²) in [5.41, 5.74) is 2.36. The van der Waals surface area contributed by atoms with E-state index >= 15 is 0 Å². The van der Waals surface area contributed by atoms with Crippen LogP contribution >= 0.6 is 11.3 Å². The van der Waals surface area contributed by atoms with Crippen molar-refractivity contribution in [1.29, 1.82) is 5.26 Å². The lowest BCUT2D eigenvalue weighted by molar-refractivity contribution is 0.378. The van der Waals surface area contributed by atoms with Crippen LogP contribution in [0.5, 0.6) is 6.01 Å². The lowest BCUT2D eigenvalue weighted by atomic mass is 10.2. The van der Waals surface area contributed by atoms with E-state index in [1.807, 2.05) is 24.3 Å². The number of nitriles is 1. The first-order valence-electron chi connectivity index (χ1n) is 5.94. The zero-order valence-electron chi connectivity index (χ0n) is 10.7. The standard InChI is InChI=1S/C14H10N4OS/c1-19-14-16-8-9(10(18-14)6-7-15)13-17-11-4-2-3-5-12(11)20-13/h2-5,8H,6H2,1H3. The average Bonchev–Trinajstić information content (AvgIpc) is 2.91. The van der Waals surface area contributed by atoms with Crippen molar-refractivity contribution in [2.24, 2.45) is 0 Å². The van der Waals surface area contributed by atoms with Crippen LogP contribution in [0.25, 0.3) is 20.8 Å². The van der Waals surface area contributed by atoms with Crippen LogP contribution in [-0.4, -0.2) is 22.1 Å². The second-order valence-electron chi connectivity index (χ2n) is 4.04. The molecule has 0 atom stereocenters. The van der Waals surface area contributed by atoms with Crippen LogP contribution in [0.4, 0.5) is 0 Å². The Labute approximate surface area is 119 Å². The summed E-state index contributed by atoms with van der Waals surface area (Å²) in [6.45, 7) is 0. The van der Waals surface area contributed by atoms with Gasteiger partial charge in [-0.3, -0.25) is 0 Å². The predicted molar refractivity (Wildman–Crippen MR) is 76.5 cm³/mol. The number of fused-ring (bicyclic) bond motifs is 1. The van der Waals surface area contributed by atoms with Crippen molar-refractivity contribution < 1.29 is 4.74 Å². The molecule has 0 amide bonds. The third-order valence-electron chi connectivity index (χ3n) is 2.80. The van der Waals surface area contributed by atoms with Gasteiger partial charge in [-0.1, -0.05) is 12.1 Å². The van der Waals surface area contributed by atoms with E-state index in [1.54, 1.807) is 17.5 Å². The topological polar surface area (TPSA) is 71.7 Å². The maximum absolute atomic E-state index is 8.93. The lowest BCUT2D eigenvalue weighted by Crippen LogP contribution is -1.99. The molecule has 0 spiro atoms. The first-order valence-corrected chi connectivity index (χ1v) is 6.76. The average molecular weight is 282 g/mol. The van der Waals surface area contributed by atoms with Crippen molar-refractivity contribution in [2.45, 2.75) is 6.42 Å². The molecule has 6 heteroatoms. The quantitative estimate of drug-likeness (QED) is 0.738. The van der Waals surface area contributed by atoms with E-state index < -0.39 is 0 Å². The molecule has 0 unspecified atom stereocenters. The number of thiazole rings is 1. The van der Waals surface area contributed by atoms with E-state index in [1.165, 1.54) is 7.11 Å². The first kappa shape index (κ1) is 12.5. The van der Waals surface area contributed by atoms with Gasteiger partial charge in [0.05, 0.1) is 41.1 Å². The van der Waals surface area contributed by atoms with Crippen LogP contribution in [0, 0.1) is 11.3 Å². The highest BCUT2D eigenvalue weighted by atomic mass is 32.1. The highest BCUT2D eigenvalue weighted by Gasteiger charge is 2.13. The molecule has 0 radical (unpaired) electrons. The molecular formula is C14H10N4OS. The van der Waals surface area contributed by atoms with E-state index in [0.717, 1.165) is 20.8 Å². The van der Waals surface area contributed by atoms with E-state index in [9.17, 15) is 0 Å². The van der Waals surface area contributed by atoms with Gasteiger partial charge in [-0.15, -0.1) is 11.3 Å². The number of benzene rings is 1. The fourth-order valence-corrected chi connectivity index (χ4v) is 2.87. The summed E-state index contributed by atoms with van der Waals surface area (Å²) in [4.78, 5) is 12.9. The molecule has 0 fully saturated rings. The monoisotopic (exact) mass is 282 g/mol. The highest BCUT2D eigenvalue weighted by molar-refractivity contribution is 7.21. The summed E-state index contributed by atoms with van der Waals surface area (Å²) in [5, 5.41) is 9.74. The molecule has 3 aromatic rings. The van der Waals surface area contributed by atoms with Gasteiger partial charge in [-0.2, -0.15) is 10.2 Å². The van der Waals surface area contributed by atoms with Crippen LogP contribution in [0.2, 0.25) is 0 Å². The Morgan fingerprint density at radius 3 is 2.90 bits per heavy atom. The second kappa shape index (κ2) is 5.23. The summed E-state index contributed by atoms with van der Waals surface area (Å²) in [6, 6.07) is 10.3. The first-order chi connectivity index (χ1) is 9.81. The number of hydrogen-bond donors (Lipinski definition) is 0. The Balaban J connectivity index is 2.15. The Kier molecular flexibility index (Phi) is 3.27. The number of hydrogen-bond acceptors (Lipinski definition) is 6. The minimum absolute atomic E-state index is 0.199. The summed E-state index contributed by atoms with van der Waals surface area (Å²) in [5.74, 6) is 0. The molecule has 0 aliphatic carbocycles. The van der Waals surface area contributed by atoms with Gasteiger partial charge in [0, 0.05) is 6.20 Å². The number of ether oxygens (including phenoxy) is 1. The largest absolute Gasteiger partial charge is 0.467 e. The van der Waals surface area contributed by atoms with Crippen molar-refractivity contribution in [2.75, 3.05) is 7.11 Å². The molecule has 0 saturated carbocycles. The number of nitrogens with zero attached hydrogens (tertiary/aromatic N) is 4. The molecule has 0 saturated heterocycles. The van der Waals surface area contributed by atoms with Crippen molar-refractivity contribution >= 4 is 21.6 Å². The molecule has 2 heterocycles. The van der Waals surface area contributed by atoms with Crippen molar-refractivity contribution in [1.82, 2.24) is 15.0 Å². The summed E-state index contributed by atoms with van der Waals surface area (Å²) < 4.78 is 6.10. The molecule has 1 aromatic carbocycles. The predicted octanol–water partition coefficient (Wildman–Crippen LogP) is 2.83. The maximum atomic E-state index is 8.93. The number of methoxy groups -OCH3 is 1. The molecule has 0 aliphatic rings. The van der Waals surface area contributed by atoms with Crippen molar-refractivity contribution in [3.8, 4) is 22.7 Å². The fraction of sp³-hybridized carbons (Fsp3) is 0.143. The van der Waals surface area contributed by atoms with Crippen LogP contribution in [0.3, 0.4) is 0 Å². The number of aromatic nitrogens is 3. The highest BCUT2D eigenvalue weighted by Crippen LogP contribution is 2.31. The third-order valence-corrected chi connectivity index (χ3v) is 3.87. The molecular weight excluding hydrogens is 272 g/mol. The third kappa shape index (κ3) is 2.19. The Bertz CT molecular complexity index is 773. The Hall–Kier alpha value is -2.52. The normalized spacial score (nSPS) is 10.4. The summed E-state index contributed by atoms with van der Waals surface area (Å²) in [7, 11) is 1.50. The molecule has 98 valence electrons. The minimum Gasteiger partial charge on any atom is -0.467 e. The molecule has 20 heavy (non-hydrogen) atoms. The van der Waals surface area contributed by atoms with Crippen LogP contribution in [0.15, 0.2) is 30.5 Å². The Morgan fingerprint density at radius 1 is 1.30 bits per heavy atom. The molecule has 0 aliphatic heterocycles. The zero-order chi connectivity index (χ0) is 13.9. The smallest absolute Gasteiger partial charge is 0.316 e. The van der Waals surface area contributed by atoms with Gasteiger partial charge in [0.2, 0.25) is 0 Å². The molecule has 5 nitrogen and oxygen atoms in total. The number of para-hydroxylation sites is 1. The Morgan fingerprint density at radius 2 is 2.15 bits per heavy atom. The van der Waals surface area contributed by atoms with Gasteiger partial charge in [0.15, 0.2) is 0 Å². The van der Waals surface area contributed by atoms with Crippen molar-refractivity contribution in [3.63, 3.8) is 0 Å². The maximum Gasteiger partial charge on any atom is 0.316 e. The van der Waals surface area contributed by atoms with Crippen LogP contribution in [-0.2, 0) is 6.42 Å². The SMILES string of the molecule is COc1ncc(-c2nc3ccccc3s2)c(CC#N)n1. The van der Waals surface area contributed by atoms with E-state index in [0.29, 0.717) is 5.69 Å². The van der Waals surface area contributed by atoms with Gasteiger partial charge < -0.3 is 4.74 Å². The lowest BCUT2D eigenvalue weighted by Gasteiger charge is -2.04. The van der Waals surface area contributed by atoms with Crippen molar-refractivity contribution in [3.05, 3.63) is 36.2 Å². The van der Waals surface area contributed by atoms with E-state index in [2.05, 4.69) is 21.0 Å². The van der Waals surface area contributed by atoms with Gasteiger partial charge in [-0.05, 0) is 12.1 Å². The molecule has 2 aromatic heterocycles. The number of rotatable bonds is 3. The van der Waals surface area contributed by atoms with Crippen LogP contribution < -0.4 is 4.74 Å². The zero-order valence-corrected chi connectivity index (χ0v) is 11.5. The van der Waals surface area contributed by atoms with E-state index in [4.69, 9.17) is 10.00 Å². The minimum atomic E-state index is 0.199. The van der Waals surface area contributed by atoms with Gasteiger partial charge in [0.1, 0.15) is 5.01 Å². The van der Waals surface area contributed by atoms with E-state index in [-0.39, 0.29) is 12.4 Å². The van der Waals surface area contributed by atoms with Crippen LogP contribution in [0.1, 0.15) is 5.69 Å². The molecule has 0 bridgehead atoms.